The summed E-state index contributed by atoms with van der Waals surface area (Å²) in [6.07, 6.45) is 1.99. The Morgan fingerprint density at radius 3 is 2.08 bits per heavy atom. The molecule has 1 rings (SSSR count). The van der Waals surface area contributed by atoms with E-state index in [1.807, 2.05) is 27.9 Å². The Morgan fingerprint density at radius 1 is 1.23 bits per heavy atom. The van der Waals surface area contributed by atoms with Gasteiger partial charge in [-0.3, -0.25) is 4.79 Å². The second kappa shape index (κ2) is 6.89. The van der Waals surface area contributed by atoms with Crippen LogP contribution in [-0.2, 0) is 4.79 Å². The molecule has 1 aliphatic rings. The third-order valence-corrected chi connectivity index (χ3v) is 2.13. The highest BCUT2D eigenvalue weighted by Gasteiger charge is 2.21. The summed E-state index contributed by atoms with van der Waals surface area (Å²) in [7, 11) is 3.65. The number of hydrogen-bond acceptors (Lipinski definition) is 2. The van der Waals surface area contributed by atoms with Gasteiger partial charge in [-0.15, -0.1) is 0 Å². The van der Waals surface area contributed by atoms with E-state index in [1.165, 1.54) is 0 Å². The quantitative estimate of drug-likeness (QED) is 0.665. The van der Waals surface area contributed by atoms with Crippen LogP contribution in [0.25, 0.3) is 0 Å². The third kappa shape index (κ3) is 4.27. The average Bonchev–Trinajstić information content (AvgIpc) is 2.21. The fourth-order valence-corrected chi connectivity index (χ4v) is 1.43. The van der Waals surface area contributed by atoms with E-state index >= 15 is 0 Å². The molecule has 0 aromatic heterocycles. The summed E-state index contributed by atoms with van der Waals surface area (Å²) in [4.78, 5) is 13.1. The molecule has 1 amide bonds. The molecule has 13 heavy (non-hydrogen) atoms. The van der Waals surface area contributed by atoms with Crippen molar-refractivity contribution in [2.24, 2.45) is 5.92 Å². The van der Waals surface area contributed by atoms with E-state index in [-0.39, 0.29) is 11.8 Å². The first kappa shape index (κ1) is 12.4. The molecule has 0 aromatic rings. The van der Waals surface area contributed by atoms with Crippen LogP contribution in [0.5, 0.6) is 0 Å². The van der Waals surface area contributed by atoms with E-state index in [1.54, 1.807) is 4.90 Å². The van der Waals surface area contributed by atoms with Gasteiger partial charge in [-0.05, 0) is 25.9 Å². The highest BCUT2D eigenvalue weighted by Crippen LogP contribution is 2.13. The van der Waals surface area contributed by atoms with Crippen molar-refractivity contribution in [2.75, 3.05) is 27.2 Å². The SMILES string of the molecule is CC.CN(C)C(=O)C1CCNCC1. The first-order chi connectivity index (χ1) is 6.22. The molecule has 0 aromatic carbocycles. The van der Waals surface area contributed by atoms with Crippen molar-refractivity contribution in [3.63, 3.8) is 0 Å². The second-order valence-electron chi connectivity index (χ2n) is 3.26. The molecule has 0 radical (unpaired) electrons. The van der Waals surface area contributed by atoms with Gasteiger partial charge in [0.05, 0.1) is 0 Å². The summed E-state index contributed by atoms with van der Waals surface area (Å²) in [5.41, 5.74) is 0. The van der Waals surface area contributed by atoms with E-state index < -0.39 is 0 Å². The number of nitrogens with zero attached hydrogens (tertiary/aromatic N) is 1. The lowest BCUT2D eigenvalue weighted by Gasteiger charge is -2.24. The zero-order valence-corrected chi connectivity index (χ0v) is 9.26. The van der Waals surface area contributed by atoms with Crippen molar-refractivity contribution >= 4 is 5.91 Å². The van der Waals surface area contributed by atoms with Crippen molar-refractivity contribution in [3.8, 4) is 0 Å². The number of piperidine rings is 1. The van der Waals surface area contributed by atoms with Crippen molar-refractivity contribution in [1.29, 1.82) is 0 Å². The average molecular weight is 186 g/mol. The lowest BCUT2D eigenvalue weighted by Crippen LogP contribution is -2.37. The maximum Gasteiger partial charge on any atom is 0.225 e. The Labute approximate surface area is 81.5 Å². The molecule has 1 aliphatic heterocycles. The number of nitrogens with one attached hydrogen (secondary N) is 1. The Kier molecular flexibility index (Phi) is 6.59. The zero-order chi connectivity index (χ0) is 10.3. The first-order valence-corrected chi connectivity index (χ1v) is 5.13. The summed E-state index contributed by atoms with van der Waals surface area (Å²) in [5.74, 6) is 0.553. The second-order valence-corrected chi connectivity index (χ2v) is 3.26. The smallest absolute Gasteiger partial charge is 0.225 e. The third-order valence-electron chi connectivity index (χ3n) is 2.13. The minimum atomic E-state index is 0.270. The maximum absolute atomic E-state index is 11.4. The standard InChI is InChI=1S/C8H16N2O.C2H6/c1-10(2)8(11)7-3-5-9-6-4-7;1-2/h7,9H,3-6H2,1-2H3;1-2H3. The number of amides is 1. The Balaban J connectivity index is 0.000000671. The fraction of sp³-hybridized carbons (Fsp3) is 0.900. The molecule has 0 saturated carbocycles. The topological polar surface area (TPSA) is 32.3 Å². The lowest BCUT2D eigenvalue weighted by molar-refractivity contribution is -0.133. The summed E-state index contributed by atoms with van der Waals surface area (Å²) < 4.78 is 0. The number of carbonyl (C=O) groups excluding carboxylic acids is 1. The molecular weight excluding hydrogens is 164 g/mol. The molecule has 0 atom stereocenters. The molecule has 0 unspecified atom stereocenters. The van der Waals surface area contributed by atoms with Gasteiger partial charge in [-0.2, -0.15) is 0 Å². The monoisotopic (exact) mass is 186 g/mol. The van der Waals surface area contributed by atoms with Gasteiger partial charge in [0.1, 0.15) is 0 Å². The van der Waals surface area contributed by atoms with Crippen LogP contribution in [0.4, 0.5) is 0 Å². The van der Waals surface area contributed by atoms with Crippen LogP contribution in [0, 0.1) is 5.92 Å². The van der Waals surface area contributed by atoms with E-state index in [2.05, 4.69) is 5.32 Å². The fourth-order valence-electron chi connectivity index (χ4n) is 1.43. The van der Waals surface area contributed by atoms with E-state index in [0.29, 0.717) is 0 Å². The minimum absolute atomic E-state index is 0.270. The molecule has 3 nitrogen and oxygen atoms in total. The first-order valence-electron chi connectivity index (χ1n) is 5.13. The Hall–Kier alpha value is -0.570. The molecule has 1 N–H and O–H groups in total. The van der Waals surface area contributed by atoms with Gasteiger partial charge < -0.3 is 10.2 Å². The largest absolute Gasteiger partial charge is 0.349 e. The molecule has 78 valence electrons. The van der Waals surface area contributed by atoms with Crippen LogP contribution in [0.1, 0.15) is 26.7 Å². The Bertz CT molecular complexity index is 140. The summed E-state index contributed by atoms with van der Waals surface area (Å²) >= 11 is 0. The molecular formula is C10H22N2O. The van der Waals surface area contributed by atoms with Gasteiger partial charge in [-0.25, -0.2) is 0 Å². The van der Waals surface area contributed by atoms with Crippen molar-refractivity contribution in [1.82, 2.24) is 10.2 Å². The predicted molar refractivity (Wildman–Crippen MR) is 55.6 cm³/mol. The van der Waals surface area contributed by atoms with Crippen LogP contribution in [0.3, 0.4) is 0 Å². The van der Waals surface area contributed by atoms with E-state index in [0.717, 1.165) is 25.9 Å². The van der Waals surface area contributed by atoms with Gasteiger partial charge in [0, 0.05) is 20.0 Å². The van der Waals surface area contributed by atoms with Crippen molar-refractivity contribution < 1.29 is 4.79 Å². The van der Waals surface area contributed by atoms with Crippen molar-refractivity contribution in [2.45, 2.75) is 26.7 Å². The van der Waals surface area contributed by atoms with Crippen LogP contribution in [0.2, 0.25) is 0 Å². The lowest BCUT2D eigenvalue weighted by atomic mass is 9.97. The van der Waals surface area contributed by atoms with Gasteiger partial charge in [0.15, 0.2) is 0 Å². The predicted octanol–water partition coefficient (Wildman–Crippen LogP) is 1.10. The van der Waals surface area contributed by atoms with Crippen LogP contribution in [-0.4, -0.2) is 38.0 Å². The maximum atomic E-state index is 11.4. The normalized spacial score (nSPS) is 17.2. The van der Waals surface area contributed by atoms with Gasteiger partial charge >= 0.3 is 0 Å². The molecule has 0 bridgehead atoms. The number of carbonyl (C=O) groups is 1. The van der Waals surface area contributed by atoms with Crippen LogP contribution >= 0.6 is 0 Å². The summed E-state index contributed by atoms with van der Waals surface area (Å²) in [6, 6.07) is 0. The summed E-state index contributed by atoms with van der Waals surface area (Å²) in [5, 5.41) is 3.24. The molecule has 0 aliphatic carbocycles. The molecule has 1 fully saturated rings. The van der Waals surface area contributed by atoms with Gasteiger partial charge in [0.2, 0.25) is 5.91 Å². The molecule has 0 spiro atoms. The van der Waals surface area contributed by atoms with Crippen LogP contribution in [0.15, 0.2) is 0 Å². The minimum Gasteiger partial charge on any atom is -0.349 e. The van der Waals surface area contributed by atoms with Gasteiger partial charge in [-0.1, -0.05) is 13.8 Å². The van der Waals surface area contributed by atoms with Crippen molar-refractivity contribution in [3.05, 3.63) is 0 Å². The highest BCUT2D eigenvalue weighted by atomic mass is 16.2. The molecule has 3 heteroatoms. The number of hydrogen-bond donors (Lipinski definition) is 1. The highest BCUT2D eigenvalue weighted by molar-refractivity contribution is 5.78. The summed E-state index contributed by atoms with van der Waals surface area (Å²) in [6.45, 7) is 5.98. The Morgan fingerprint density at radius 2 is 1.69 bits per heavy atom. The molecule has 1 saturated heterocycles. The number of rotatable bonds is 1. The van der Waals surface area contributed by atoms with E-state index in [9.17, 15) is 4.79 Å². The van der Waals surface area contributed by atoms with Crippen LogP contribution < -0.4 is 5.32 Å². The zero-order valence-electron chi connectivity index (χ0n) is 9.26. The molecule has 1 heterocycles. The van der Waals surface area contributed by atoms with E-state index in [4.69, 9.17) is 0 Å². The van der Waals surface area contributed by atoms with Gasteiger partial charge in [0.25, 0.3) is 0 Å².